The van der Waals surface area contributed by atoms with E-state index in [-0.39, 0.29) is 23.1 Å². The molecular weight excluding hydrogens is 625 g/mol. The van der Waals surface area contributed by atoms with Crippen molar-refractivity contribution in [3.8, 4) is 5.75 Å². The molecule has 5 heterocycles. The molecule has 262 valence electrons. The summed E-state index contributed by atoms with van der Waals surface area (Å²) < 4.78 is 27.5. The van der Waals surface area contributed by atoms with E-state index >= 15 is 0 Å². The second-order valence-corrected chi connectivity index (χ2v) is 15.4. The number of pyridine rings is 1. The highest BCUT2D eigenvalue weighted by atomic mass is 19.1. The van der Waals surface area contributed by atoms with Crippen LogP contribution in [0, 0.1) is 5.82 Å². The Balaban J connectivity index is 1.25. The number of benzene rings is 1. The van der Waals surface area contributed by atoms with Crippen LogP contribution in [0.5, 0.6) is 5.75 Å². The molecule has 3 unspecified atom stereocenters. The molecule has 1 spiro atoms. The van der Waals surface area contributed by atoms with E-state index < -0.39 is 17.5 Å². The number of ether oxygens (including phenoxy) is 2. The van der Waals surface area contributed by atoms with Gasteiger partial charge < -0.3 is 23.8 Å². The van der Waals surface area contributed by atoms with E-state index in [1.54, 1.807) is 19.3 Å². The number of piperazine rings is 1. The van der Waals surface area contributed by atoms with Gasteiger partial charge >= 0.3 is 6.09 Å². The van der Waals surface area contributed by atoms with Crippen LogP contribution in [0.1, 0.15) is 92.7 Å². The van der Waals surface area contributed by atoms with Crippen LogP contribution in [-0.4, -0.2) is 99.3 Å². The van der Waals surface area contributed by atoms with Gasteiger partial charge in [-0.1, -0.05) is 6.07 Å². The summed E-state index contributed by atoms with van der Waals surface area (Å²) in [6, 6.07) is 6.58. The van der Waals surface area contributed by atoms with Crippen LogP contribution >= 0.6 is 0 Å². The Morgan fingerprint density at radius 3 is 2.55 bits per heavy atom. The zero-order valence-corrected chi connectivity index (χ0v) is 29.7. The lowest BCUT2D eigenvalue weighted by Gasteiger charge is -2.56. The fourth-order valence-electron chi connectivity index (χ4n) is 8.06. The molecule has 3 aliphatic heterocycles. The molecule has 2 amide bonds. The monoisotopic (exact) mass is 673 g/mol. The van der Waals surface area contributed by atoms with Gasteiger partial charge in [-0.15, -0.1) is 0 Å². The number of hydrogen-bond donors (Lipinski definition) is 0. The number of rotatable bonds is 9. The SMILES string of the molecule is CCOc1cc(C(C)N2CC3(CC3)c3c(CN4C5CC4CN(C)C5)cc(Cn4ccnc4N(C)C(=O)OC(C)(C)C)cc3C2=O)ncc1F. The van der Waals surface area contributed by atoms with Gasteiger partial charge in [-0.25, -0.2) is 14.2 Å². The number of hydrogen-bond acceptors (Lipinski definition) is 8. The molecule has 2 aromatic heterocycles. The molecule has 1 aromatic carbocycles. The summed E-state index contributed by atoms with van der Waals surface area (Å²) in [5.74, 6) is 0.0429. The van der Waals surface area contributed by atoms with Crippen molar-refractivity contribution < 1.29 is 23.5 Å². The average molecular weight is 674 g/mol. The summed E-state index contributed by atoms with van der Waals surface area (Å²) in [6.07, 6.45) is 7.44. The number of likely N-dealkylation sites (N-methyl/N-ethyl adjacent to an activating group) is 1. The number of amides is 2. The van der Waals surface area contributed by atoms with Gasteiger partial charge in [-0.2, -0.15) is 0 Å². The maximum absolute atomic E-state index is 14.6. The van der Waals surface area contributed by atoms with Crippen LogP contribution in [0.3, 0.4) is 0 Å². The highest BCUT2D eigenvalue weighted by molar-refractivity contribution is 5.99. The number of carbonyl (C=O) groups is 2. The molecule has 12 heteroatoms. The summed E-state index contributed by atoms with van der Waals surface area (Å²) in [6.45, 7) is 13.5. The lowest BCUT2D eigenvalue weighted by atomic mass is 9.79. The predicted octanol–water partition coefficient (Wildman–Crippen LogP) is 5.37. The third-order valence-electron chi connectivity index (χ3n) is 10.6. The van der Waals surface area contributed by atoms with Crippen molar-refractivity contribution in [2.24, 2.45) is 0 Å². The van der Waals surface area contributed by atoms with E-state index in [1.165, 1.54) is 28.6 Å². The number of fused-ring (bicyclic) bond motifs is 4. The maximum atomic E-state index is 14.6. The van der Waals surface area contributed by atoms with Gasteiger partial charge in [0.2, 0.25) is 5.95 Å². The van der Waals surface area contributed by atoms with Crippen LogP contribution in [0.4, 0.5) is 15.1 Å². The highest BCUT2D eigenvalue weighted by Crippen LogP contribution is 2.55. The van der Waals surface area contributed by atoms with E-state index in [9.17, 15) is 14.0 Å². The fraction of sp³-hybridized carbons (Fsp3) is 0.568. The van der Waals surface area contributed by atoms with Gasteiger partial charge in [0, 0.05) is 74.7 Å². The fourth-order valence-corrected chi connectivity index (χ4v) is 8.06. The zero-order valence-electron chi connectivity index (χ0n) is 29.7. The van der Waals surface area contributed by atoms with Gasteiger partial charge in [0.1, 0.15) is 5.60 Å². The Hall–Kier alpha value is -4.03. The quantitative estimate of drug-likeness (QED) is 0.299. The summed E-state index contributed by atoms with van der Waals surface area (Å²) in [5, 5.41) is 0. The van der Waals surface area contributed by atoms with Crippen LogP contribution < -0.4 is 9.64 Å². The minimum atomic E-state index is -0.643. The van der Waals surface area contributed by atoms with E-state index in [0.717, 1.165) is 43.6 Å². The Morgan fingerprint density at radius 2 is 1.88 bits per heavy atom. The normalized spacial score (nSPS) is 22.0. The molecule has 1 saturated carbocycles. The Kier molecular flexibility index (Phi) is 8.46. The Morgan fingerprint density at radius 1 is 1.14 bits per heavy atom. The molecule has 2 bridgehead atoms. The topological polar surface area (TPSA) is 96.3 Å². The maximum Gasteiger partial charge on any atom is 0.416 e. The Bertz CT molecular complexity index is 1750. The minimum Gasteiger partial charge on any atom is -0.491 e. The number of halogens is 1. The third kappa shape index (κ3) is 6.29. The van der Waals surface area contributed by atoms with Crippen molar-refractivity contribution in [2.45, 2.75) is 96.1 Å². The number of piperidine rings is 1. The first-order chi connectivity index (χ1) is 23.3. The summed E-state index contributed by atoms with van der Waals surface area (Å²) in [4.78, 5) is 44.8. The van der Waals surface area contributed by atoms with Gasteiger partial charge in [-0.05, 0) is 83.7 Å². The van der Waals surface area contributed by atoms with E-state index in [2.05, 4.69) is 32.9 Å². The molecule has 3 aromatic rings. The lowest BCUT2D eigenvalue weighted by Crippen LogP contribution is -2.67. The molecule has 7 rings (SSSR count). The first kappa shape index (κ1) is 33.5. The van der Waals surface area contributed by atoms with Crippen LogP contribution in [-0.2, 0) is 23.2 Å². The lowest BCUT2D eigenvalue weighted by molar-refractivity contribution is -0.0670. The van der Waals surface area contributed by atoms with Gasteiger partial charge in [0.05, 0.1) is 31.1 Å². The van der Waals surface area contributed by atoms with Gasteiger partial charge in [0.15, 0.2) is 11.6 Å². The molecule has 1 aliphatic carbocycles. The van der Waals surface area contributed by atoms with Crippen molar-refractivity contribution in [3.05, 3.63) is 70.6 Å². The van der Waals surface area contributed by atoms with Gasteiger partial charge in [-0.3, -0.25) is 19.6 Å². The molecule has 11 nitrogen and oxygen atoms in total. The van der Waals surface area contributed by atoms with Crippen LogP contribution in [0.2, 0.25) is 0 Å². The van der Waals surface area contributed by atoms with E-state index in [1.807, 2.05) is 56.3 Å². The second-order valence-electron chi connectivity index (χ2n) is 15.4. The number of likely N-dealkylation sites (tertiary alicyclic amines) is 2. The molecule has 4 aliphatic rings. The molecule has 2 saturated heterocycles. The van der Waals surface area contributed by atoms with Crippen LogP contribution in [0.25, 0.3) is 0 Å². The predicted molar refractivity (Wildman–Crippen MR) is 183 cm³/mol. The van der Waals surface area contributed by atoms with E-state index in [4.69, 9.17) is 9.47 Å². The van der Waals surface area contributed by atoms with Crippen LogP contribution in [0.15, 0.2) is 36.8 Å². The third-order valence-corrected chi connectivity index (χ3v) is 10.6. The summed E-state index contributed by atoms with van der Waals surface area (Å²) >= 11 is 0. The van der Waals surface area contributed by atoms with Gasteiger partial charge in [0.25, 0.3) is 5.91 Å². The molecule has 3 atom stereocenters. The number of anilines is 1. The van der Waals surface area contributed by atoms with Crippen molar-refractivity contribution >= 4 is 17.9 Å². The smallest absolute Gasteiger partial charge is 0.416 e. The van der Waals surface area contributed by atoms with Crippen molar-refractivity contribution in [3.63, 3.8) is 0 Å². The summed E-state index contributed by atoms with van der Waals surface area (Å²) in [5.41, 5.74) is 3.91. The van der Waals surface area contributed by atoms with Crippen molar-refractivity contribution in [1.82, 2.24) is 29.2 Å². The van der Waals surface area contributed by atoms with Crippen molar-refractivity contribution in [2.75, 3.05) is 45.2 Å². The molecule has 49 heavy (non-hydrogen) atoms. The first-order valence-electron chi connectivity index (χ1n) is 17.4. The molecule has 0 radical (unpaired) electrons. The number of imidazole rings is 1. The Labute approximate surface area is 288 Å². The molecular formula is C37H48FN7O4. The average Bonchev–Trinajstić information content (AvgIpc) is 3.67. The number of carbonyl (C=O) groups excluding carboxylic acids is 2. The number of aromatic nitrogens is 3. The van der Waals surface area contributed by atoms with E-state index in [0.29, 0.717) is 43.4 Å². The number of nitrogens with zero attached hydrogens (tertiary/aromatic N) is 7. The van der Waals surface area contributed by atoms with Crippen molar-refractivity contribution in [1.29, 1.82) is 0 Å². The first-order valence-corrected chi connectivity index (χ1v) is 17.4. The zero-order chi connectivity index (χ0) is 34.8. The molecule has 3 fully saturated rings. The summed E-state index contributed by atoms with van der Waals surface area (Å²) in [7, 11) is 3.85. The molecule has 0 N–H and O–H groups in total. The largest absolute Gasteiger partial charge is 0.491 e. The highest BCUT2D eigenvalue weighted by Gasteiger charge is 2.54. The standard InChI is InChI=1S/C37H48FN7O4/c1-8-48-31-16-30(40-17-29(31)38)23(2)45-22-37(9-10-37)32-25(19-44-26-15-27(44)21-41(6)20-26)13-24(14-28(32)33(45)46)18-43-12-11-39-34(43)42(7)35(47)49-36(3,4)5/h11-14,16-17,23,26-27H,8-10,15,18-22H2,1-7H3. The second kappa shape index (κ2) is 12.4. The minimum absolute atomic E-state index is 0.0486.